The fourth-order valence-electron chi connectivity index (χ4n) is 3.96. The number of nitrogens with two attached hydrogens (primary N) is 1. The summed E-state index contributed by atoms with van der Waals surface area (Å²) in [6.07, 6.45) is 22.1. The van der Waals surface area contributed by atoms with E-state index >= 15 is 0 Å². The maximum atomic E-state index is 6.59. The Balaban J connectivity index is 0. The van der Waals surface area contributed by atoms with E-state index in [2.05, 4.69) is 27.7 Å². The molecular weight excluding hydrogens is 358 g/mol. The first-order valence-corrected chi connectivity index (χ1v) is 10.9. The van der Waals surface area contributed by atoms with Crippen molar-refractivity contribution in [2.75, 3.05) is 0 Å². The van der Waals surface area contributed by atoms with E-state index in [9.17, 15) is 0 Å². The minimum Gasteiger partial charge on any atom is -0.325 e. The van der Waals surface area contributed by atoms with Crippen LogP contribution in [-0.4, -0.2) is 5.54 Å². The minimum atomic E-state index is 0. The molecule has 0 fully saturated rings. The second kappa shape index (κ2) is 18.2. The van der Waals surface area contributed by atoms with Crippen molar-refractivity contribution in [2.24, 2.45) is 11.7 Å². The molecule has 1 atom stereocenters. The van der Waals surface area contributed by atoms with E-state index in [1.165, 1.54) is 89.9 Å². The van der Waals surface area contributed by atoms with Gasteiger partial charge in [-0.1, -0.05) is 111 Å². The Morgan fingerprint density at radius 2 is 1.00 bits per heavy atom. The van der Waals surface area contributed by atoms with Crippen LogP contribution in [0.4, 0.5) is 0 Å². The Hall–Kier alpha value is 0.440. The second-order valence-electron chi connectivity index (χ2n) is 7.72. The highest BCUT2D eigenvalue weighted by atomic mass is 79.9. The van der Waals surface area contributed by atoms with E-state index in [0.717, 1.165) is 18.8 Å². The van der Waals surface area contributed by atoms with Crippen molar-refractivity contribution in [3.05, 3.63) is 0 Å². The molecular formula is C22H48BrN. The maximum Gasteiger partial charge on any atom is 0.0177 e. The number of unbranched alkanes of at least 4 members (excludes halogenated alkanes) is 11. The van der Waals surface area contributed by atoms with E-state index in [0.29, 0.717) is 0 Å². The van der Waals surface area contributed by atoms with Gasteiger partial charge in [-0.05, 0) is 25.2 Å². The molecule has 0 radical (unpaired) electrons. The summed E-state index contributed by atoms with van der Waals surface area (Å²) >= 11 is 0. The Bertz CT molecular complexity index is 238. The Labute approximate surface area is 164 Å². The van der Waals surface area contributed by atoms with Gasteiger partial charge in [0.2, 0.25) is 0 Å². The molecule has 0 aromatic rings. The van der Waals surface area contributed by atoms with Gasteiger partial charge in [0.1, 0.15) is 0 Å². The van der Waals surface area contributed by atoms with Crippen molar-refractivity contribution in [1.82, 2.24) is 0 Å². The summed E-state index contributed by atoms with van der Waals surface area (Å²) in [6.45, 7) is 9.13. The van der Waals surface area contributed by atoms with Crippen molar-refractivity contribution in [3.8, 4) is 0 Å². The number of hydrogen-bond acceptors (Lipinski definition) is 1. The van der Waals surface area contributed by atoms with E-state index in [4.69, 9.17) is 5.73 Å². The summed E-state index contributed by atoms with van der Waals surface area (Å²) in [4.78, 5) is 0. The molecule has 0 spiro atoms. The topological polar surface area (TPSA) is 26.0 Å². The summed E-state index contributed by atoms with van der Waals surface area (Å²) in [6, 6.07) is 0. The SMILES string of the molecule is Br.CCCCCCCCCCCCCCC(CC)C(N)(CC)CC. The predicted molar refractivity (Wildman–Crippen MR) is 117 cm³/mol. The Morgan fingerprint density at radius 1 is 0.625 bits per heavy atom. The van der Waals surface area contributed by atoms with Gasteiger partial charge in [-0.25, -0.2) is 0 Å². The first kappa shape index (κ1) is 26.7. The summed E-state index contributed by atoms with van der Waals surface area (Å²) < 4.78 is 0. The molecule has 24 heavy (non-hydrogen) atoms. The summed E-state index contributed by atoms with van der Waals surface area (Å²) in [5, 5.41) is 0. The van der Waals surface area contributed by atoms with Gasteiger partial charge in [0.25, 0.3) is 0 Å². The van der Waals surface area contributed by atoms with Gasteiger partial charge in [-0.3, -0.25) is 0 Å². The van der Waals surface area contributed by atoms with E-state index < -0.39 is 0 Å². The number of rotatable bonds is 17. The largest absolute Gasteiger partial charge is 0.325 e. The lowest BCUT2D eigenvalue weighted by Crippen LogP contribution is -2.45. The van der Waals surface area contributed by atoms with Crippen molar-refractivity contribution in [3.63, 3.8) is 0 Å². The summed E-state index contributed by atoms with van der Waals surface area (Å²) in [5.74, 6) is 0.723. The van der Waals surface area contributed by atoms with Crippen LogP contribution >= 0.6 is 17.0 Å². The lowest BCUT2D eigenvalue weighted by molar-refractivity contribution is 0.225. The fraction of sp³-hybridized carbons (Fsp3) is 1.00. The van der Waals surface area contributed by atoms with Crippen LogP contribution in [-0.2, 0) is 0 Å². The molecule has 0 aliphatic heterocycles. The number of halogens is 1. The summed E-state index contributed by atoms with van der Waals surface area (Å²) in [5.41, 5.74) is 6.68. The molecule has 2 N–H and O–H groups in total. The average molecular weight is 407 g/mol. The van der Waals surface area contributed by atoms with E-state index in [1.54, 1.807) is 0 Å². The van der Waals surface area contributed by atoms with Gasteiger partial charge < -0.3 is 5.73 Å². The molecule has 1 unspecified atom stereocenters. The van der Waals surface area contributed by atoms with Crippen LogP contribution in [0.15, 0.2) is 0 Å². The fourth-order valence-corrected chi connectivity index (χ4v) is 3.96. The van der Waals surface area contributed by atoms with Gasteiger partial charge in [0, 0.05) is 5.54 Å². The van der Waals surface area contributed by atoms with Crippen LogP contribution in [0.2, 0.25) is 0 Å². The zero-order valence-corrected chi connectivity index (χ0v) is 19.1. The standard InChI is InChI=1S/C22H47N.BrH/c1-5-9-10-11-12-13-14-15-16-17-18-19-20-21(6-2)22(23,7-3)8-4;/h21H,5-20,23H2,1-4H3;1H. The molecule has 148 valence electrons. The highest BCUT2D eigenvalue weighted by Gasteiger charge is 2.29. The van der Waals surface area contributed by atoms with Crippen LogP contribution < -0.4 is 5.73 Å². The van der Waals surface area contributed by atoms with Gasteiger partial charge in [-0.2, -0.15) is 0 Å². The first-order valence-electron chi connectivity index (χ1n) is 10.9. The van der Waals surface area contributed by atoms with E-state index in [1.807, 2.05) is 0 Å². The third-order valence-corrected chi connectivity index (χ3v) is 6.03. The smallest absolute Gasteiger partial charge is 0.0177 e. The Morgan fingerprint density at radius 3 is 1.33 bits per heavy atom. The predicted octanol–water partition coefficient (Wildman–Crippen LogP) is 8.20. The first-order chi connectivity index (χ1) is 11.1. The van der Waals surface area contributed by atoms with Gasteiger partial charge in [0.05, 0.1) is 0 Å². The molecule has 0 saturated carbocycles. The molecule has 0 saturated heterocycles. The second-order valence-corrected chi connectivity index (χ2v) is 7.72. The van der Waals surface area contributed by atoms with Gasteiger partial charge >= 0.3 is 0 Å². The van der Waals surface area contributed by atoms with Crippen LogP contribution in [0.3, 0.4) is 0 Å². The quantitative estimate of drug-likeness (QED) is 0.242. The maximum absolute atomic E-state index is 6.59. The monoisotopic (exact) mass is 405 g/mol. The normalized spacial score (nSPS) is 12.9. The van der Waals surface area contributed by atoms with Crippen LogP contribution in [0.5, 0.6) is 0 Å². The molecule has 0 aliphatic rings. The van der Waals surface area contributed by atoms with Crippen LogP contribution in [0.1, 0.15) is 130 Å². The van der Waals surface area contributed by atoms with Gasteiger partial charge in [0.15, 0.2) is 0 Å². The molecule has 0 amide bonds. The van der Waals surface area contributed by atoms with E-state index in [-0.39, 0.29) is 22.5 Å². The molecule has 0 aliphatic carbocycles. The van der Waals surface area contributed by atoms with Crippen molar-refractivity contribution >= 4 is 17.0 Å². The lowest BCUT2D eigenvalue weighted by atomic mass is 9.76. The molecule has 1 nitrogen and oxygen atoms in total. The van der Waals surface area contributed by atoms with Crippen LogP contribution in [0, 0.1) is 5.92 Å². The number of hydrogen-bond donors (Lipinski definition) is 1. The highest BCUT2D eigenvalue weighted by Crippen LogP contribution is 2.30. The molecule has 0 aromatic heterocycles. The zero-order valence-electron chi connectivity index (χ0n) is 17.4. The highest BCUT2D eigenvalue weighted by molar-refractivity contribution is 8.93. The zero-order chi connectivity index (χ0) is 17.4. The third-order valence-electron chi connectivity index (χ3n) is 6.03. The lowest BCUT2D eigenvalue weighted by Gasteiger charge is -2.36. The summed E-state index contributed by atoms with van der Waals surface area (Å²) in [7, 11) is 0. The molecule has 0 bridgehead atoms. The molecule has 0 rings (SSSR count). The van der Waals surface area contributed by atoms with Gasteiger partial charge in [-0.15, -0.1) is 17.0 Å². The molecule has 0 aromatic carbocycles. The van der Waals surface area contributed by atoms with Crippen molar-refractivity contribution < 1.29 is 0 Å². The molecule has 0 heterocycles. The minimum absolute atomic E-state index is 0. The molecule has 2 heteroatoms. The Kier molecular flexibility index (Phi) is 20.3. The van der Waals surface area contributed by atoms with Crippen molar-refractivity contribution in [1.29, 1.82) is 0 Å². The van der Waals surface area contributed by atoms with Crippen LogP contribution in [0.25, 0.3) is 0 Å². The van der Waals surface area contributed by atoms with Crippen molar-refractivity contribution in [2.45, 2.75) is 136 Å². The third kappa shape index (κ3) is 12.8. The average Bonchev–Trinajstić information content (AvgIpc) is 2.58.